The summed E-state index contributed by atoms with van der Waals surface area (Å²) in [7, 11) is 0. The summed E-state index contributed by atoms with van der Waals surface area (Å²) >= 11 is 0. The first-order chi connectivity index (χ1) is 15.5. The monoisotopic (exact) mass is 431 g/mol. The van der Waals surface area contributed by atoms with Crippen molar-refractivity contribution in [2.75, 3.05) is 38.0 Å². The van der Waals surface area contributed by atoms with Gasteiger partial charge in [-0.2, -0.15) is 0 Å². The number of hydrogen-bond acceptors (Lipinski definition) is 7. The van der Waals surface area contributed by atoms with Crippen LogP contribution in [-0.2, 0) is 13.0 Å². The minimum Gasteiger partial charge on any atom is -0.309 e. The predicted octanol–water partition coefficient (Wildman–Crippen LogP) is 3.56. The minimum atomic E-state index is 0.249. The molecule has 2 aromatic rings. The van der Waals surface area contributed by atoms with Gasteiger partial charge in [-0.15, -0.1) is 0 Å². The van der Waals surface area contributed by atoms with E-state index in [2.05, 4.69) is 58.8 Å². The smallest absolute Gasteiger partial charge is 0.228 e. The maximum atomic E-state index is 4.88. The number of rotatable bonds is 6. The van der Waals surface area contributed by atoms with E-state index in [-0.39, 0.29) is 6.04 Å². The van der Waals surface area contributed by atoms with E-state index in [1.165, 1.54) is 28.0 Å². The standard InChI is InChI=1S/C25H33N7/c1-5-31-8-10-32(11-9-31)15-18-6-7-21(26-13-18)29-25-27-14-19-12-20-23(24(19)30-25)22(16(2)3)17(4)28-20/h6-7,13-14,16-17H,5,8-12,15H2,1-4H3,(H,26,27,29,30). The molecule has 0 amide bonds. The maximum Gasteiger partial charge on any atom is 0.228 e. The first-order valence-corrected chi connectivity index (χ1v) is 11.9. The highest BCUT2D eigenvalue weighted by Gasteiger charge is 2.35. The summed E-state index contributed by atoms with van der Waals surface area (Å²) in [4.78, 5) is 23.9. The minimum absolute atomic E-state index is 0.249. The molecular weight excluding hydrogens is 398 g/mol. The van der Waals surface area contributed by atoms with Gasteiger partial charge in [-0.3, -0.25) is 9.89 Å². The van der Waals surface area contributed by atoms with Gasteiger partial charge in [0.25, 0.3) is 0 Å². The van der Waals surface area contributed by atoms with E-state index < -0.39 is 0 Å². The summed E-state index contributed by atoms with van der Waals surface area (Å²) in [5.74, 6) is 1.82. The van der Waals surface area contributed by atoms with Gasteiger partial charge in [-0.05, 0) is 36.6 Å². The Bertz CT molecular complexity index is 1050. The summed E-state index contributed by atoms with van der Waals surface area (Å²) < 4.78 is 0. The van der Waals surface area contributed by atoms with Gasteiger partial charge in [-0.1, -0.05) is 26.8 Å². The number of nitrogens with zero attached hydrogens (tertiary/aromatic N) is 6. The molecule has 4 heterocycles. The van der Waals surface area contributed by atoms with Crippen LogP contribution in [-0.4, -0.2) is 69.2 Å². The predicted molar refractivity (Wildman–Crippen MR) is 129 cm³/mol. The molecule has 0 radical (unpaired) electrons. The molecule has 7 nitrogen and oxygen atoms in total. The van der Waals surface area contributed by atoms with Crippen LogP contribution in [0, 0.1) is 5.92 Å². The van der Waals surface area contributed by atoms with Crippen molar-refractivity contribution in [3.05, 3.63) is 46.9 Å². The topological polar surface area (TPSA) is 69.5 Å². The Morgan fingerprint density at radius 1 is 1.06 bits per heavy atom. The molecule has 0 aromatic carbocycles. The van der Waals surface area contributed by atoms with E-state index in [4.69, 9.17) is 9.98 Å². The first-order valence-electron chi connectivity index (χ1n) is 11.9. The molecule has 168 valence electrons. The van der Waals surface area contributed by atoms with Crippen molar-refractivity contribution in [1.82, 2.24) is 24.8 Å². The number of anilines is 2. The van der Waals surface area contributed by atoms with Crippen molar-refractivity contribution >= 4 is 23.1 Å². The zero-order valence-electron chi connectivity index (χ0n) is 19.6. The molecule has 1 fully saturated rings. The number of allylic oxidation sites excluding steroid dienone is 1. The van der Waals surface area contributed by atoms with Crippen LogP contribution in [0.25, 0.3) is 5.57 Å². The molecular formula is C25H33N7. The lowest BCUT2D eigenvalue weighted by molar-refractivity contribution is 0.132. The molecule has 32 heavy (non-hydrogen) atoms. The van der Waals surface area contributed by atoms with Crippen molar-refractivity contribution in [3.8, 4) is 0 Å². The van der Waals surface area contributed by atoms with Crippen molar-refractivity contribution < 1.29 is 0 Å². The quantitative estimate of drug-likeness (QED) is 0.754. The summed E-state index contributed by atoms with van der Waals surface area (Å²) in [6.45, 7) is 15.5. The van der Waals surface area contributed by atoms with Gasteiger partial charge in [0.1, 0.15) is 5.82 Å². The zero-order valence-corrected chi connectivity index (χ0v) is 19.6. The molecule has 2 aromatic heterocycles. The zero-order chi connectivity index (χ0) is 22.2. The van der Waals surface area contributed by atoms with Gasteiger partial charge in [0, 0.05) is 68.4 Å². The van der Waals surface area contributed by atoms with Crippen LogP contribution in [0.1, 0.15) is 44.5 Å². The number of fused-ring (bicyclic) bond motifs is 3. The molecule has 7 heteroatoms. The fourth-order valence-electron chi connectivity index (χ4n) is 5.14. The Morgan fingerprint density at radius 2 is 1.84 bits per heavy atom. The third kappa shape index (κ3) is 4.07. The summed E-state index contributed by atoms with van der Waals surface area (Å²) in [5.41, 5.74) is 7.26. The molecule has 1 N–H and O–H groups in total. The SMILES string of the molecule is CCN1CCN(Cc2ccc(Nc3ncc4c(n3)C3=C(C(C)C)C(C)N=C3C4)nc2)CC1. The normalized spacial score (nSPS) is 21.2. The Morgan fingerprint density at radius 3 is 2.53 bits per heavy atom. The van der Waals surface area contributed by atoms with E-state index in [1.807, 2.05) is 18.5 Å². The van der Waals surface area contributed by atoms with Gasteiger partial charge in [-0.25, -0.2) is 15.0 Å². The maximum absolute atomic E-state index is 4.88. The van der Waals surface area contributed by atoms with E-state index in [1.54, 1.807) is 0 Å². The molecule has 2 aliphatic heterocycles. The van der Waals surface area contributed by atoms with Crippen LogP contribution in [0.4, 0.5) is 11.8 Å². The molecule has 5 rings (SSSR count). The number of hydrogen-bond donors (Lipinski definition) is 1. The summed E-state index contributed by atoms with van der Waals surface area (Å²) in [6, 6.07) is 4.42. The lowest BCUT2D eigenvalue weighted by atomic mass is 9.93. The van der Waals surface area contributed by atoms with Crippen LogP contribution >= 0.6 is 0 Å². The van der Waals surface area contributed by atoms with Crippen molar-refractivity contribution in [2.24, 2.45) is 10.9 Å². The first kappa shape index (κ1) is 21.2. The van der Waals surface area contributed by atoms with Crippen LogP contribution < -0.4 is 5.32 Å². The third-order valence-electron chi connectivity index (χ3n) is 6.84. The fourth-order valence-corrected chi connectivity index (χ4v) is 5.14. The van der Waals surface area contributed by atoms with Gasteiger partial charge in [0.05, 0.1) is 11.7 Å². The van der Waals surface area contributed by atoms with Crippen molar-refractivity contribution in [1.29, 1.82) is 0 Å². The Kier molecular flexibility index (Phi) is 5.78. The second kappa shape index (κ2) is 8.71. The number of likely N-dealkylation sites (N-methyl/N-ethyl adjacent to an activating group) is 1. The molecule has 1 atom stereocenters. The van der Waals surface area contributed by atoms with E-state index in [0.717, 1.165) is 57.2 Å². The Balaban J connectivity index is 1.28. The number of aliphatic imine (C=N–C) groups is 1. The highest BCUT2D eigenvalue weighted by molar-refractivity contribution is 6.30. The van der Waals surface area contributed by atoms with E-state index in [9.17, 15) is 0 Å². The molecule has 1 unspecified atom stereocenters. The largest absolute Gasteiger partial charge is 0.309 e. The highest BCUT2D eigenvalue weighted by Crippen LogP contribution is 2.40. The Labute approximate surface area is 190 Å². The van der Waals surface area contributed by atoms with Gasteiger partial charge in [0.15, 0.2) is 0 Å². The average molecular weight is 432 g/mol. The number of aromatic nitrogens is 3. The highest BCUT2D eigenvalue weighted by atomic mass is 15.3. The number of nitrogens with one attached hydrogen (secondary N) is 1. The van der Waals surface area contributed by atoms with Crippen LogP contribution in [0.3, 0.4) is 0 Å². The lowest BCUT2D eigenvalue weighted by Crippen LogP contribution is -2.45. The summed E-state index contributed by atoms with van der Waals surface area (Å²) in [6.07, 6.45) is 4.74. The van der Waals surface area contributed by atoms with Crippen LogP contribution in [0.5, 0.6) is 0 Å². The van der Waals surface area contributed by atoms with Gasteiger partial charge >= 0.3 is 0 Å². The van der Waals surface area contributed by atoms with Crippen LogP contribution in [0.15, 0.2) is 35.1 Å². The van der Waals surface area contributed by atoms with E-state index >= 15 is 0 Å². The summed E-state index contributed by atoms with van der Waals surface area (Å²) in [5, 5.41) is 3.30. The van der Waals surface area contributed by atoms with Crippen LogP contribution in [0.2, 0.25) is 0 Å². The van der Waals surface area contributed by atoms with E-state index in [0.29, 0.717) is 11.9 Å². The number of pyridine rings is 1. The van der Waals surface area contributed by atoms with Crippen molar-refractivity contribution in [3.63, 3.8) is 0 Å². The molecule has 0 spiro atoms. The molecule has 0 saturated carbocycles. The lowest BCUT2D eigenvalue weighted by Gasteiger charge is -2.33. The van der Waals surface area contributed by atoms with Crippen molar-refractivity contribution in [2.45, 2.75) is 46.7 Å². The molecule has 0 bridgehead atoms. The molecule has 1 saturated heterocycles. The third-order valence-corrected chi connectivity index (χ3v) is 6.84. The second-order valence-corrected chi connectivity index (χ2v) is 9.37. The second-order valence-electron chi connectivity index (χ2n) is 9.37. The molecule has 3 aliphatic rings. The fraction of sp³-hybridized carbons (Fsp3) is 0.520. The Hall–Kier alpha value is -2.64. The van der Waals surface area contributed by atoms with Gasteiger partial charge < -0.3 is 10.2 Å². The average Bonchev–Trinajstić information content (AvgIpc) is 3.29. The molecule has 1 aliphatic carbocycles. The number of piperazine rings is 1. The van der Waals surface area contributed by atoms with Gasteiger partial charge in [0.2, 0.25) is 5.95 Å².